The van der Waals surface area contributed by atoms with Crippen molar-refractivity contribution in [1.82, 2.24) is 35.1 Å². The zero-order valence-electron chi connectivity index (χ0n) is 17.4. The summed E-state index contributed by atoms with van der Waals surface area (Å²) in [4.78, 5) is 23.8. The van der Waals surface area contributed by atoms with Crippen LogP contribution in [0.4, 0.5) is 17.6 Å². The van der Waals surface area contributed by atoms with Gasteiger partial charge in [-0.15, -0.1) is 5.10 Å². The Balaban J connectivity index is 1.24. The molecule has 2 aliphatic rings. The first-order valence-corrected chi connectivity index (χ1v) is 10.9. The highest BCUT2D eigenvalue weighted by Gasteiger charge is 2.28. The smallest absolute Gasteiger partial charge is 0.269 e. The van der Waals surface area contributed by atoms with Crippen LogP contribution >= 0.6 is 0 Å². The summed E-state index contributed by atoms with van der Waals surface area (Å²) in [6.45, 7) is 1.68. The molecule has 1 atom stereocenters. The number of nitrogens with zero attached hydrogens (tertiary/aromatic N) is 6. The molecule has 5 heterocycles. The number of aromatic amines is 1. The van der Waals surface area contributed by atoms with Crippen molar-refractivity contribution < 1.29 is 4.79 Å². The molecule has 1 amide bonds. The second-order valence-electron chi connectivity index (χ2n) is 8.32. The Morgan fingerprint density at radius 2 is 2.09 bits per heavy atom. The van der Waals surface area contributed by atoms with E-state index in [2.05, 4.69) is 36.8 Å². The molecule has 6 rings (SSSR count). The SMILES string of the molecule is O=C(NC1CC1)c1cc(Nc2nc(N3CCC(c4ccccn4)C3)nn3cccc23)n[nH]1. The molecule has 32 heavy (non-hydrogen) atoms. The molecule has 0 spiro atoms. The summed E-state index contributed by atoms with van der Waals surface area (Å²) in [5, 5.41) is 18.0. The third-order valence-electron chi connectivity index (χ3n) is 5.94. The maximum atomic E-state index is 12.3. The van der Waals surface area contributed by atoms with Crippen molar-refractivity contribution in [3.8, 4) is 0 Å². The number of carbonyl (C=O) groups excluding carboxylic acids is 1. The lowest BCUT2D eigenvalue weighted by molar-refractivity contribution is 0.0946. The summed E-state index contributed by atoms with van der Waals surface area (Å²) in [7, 11) is 0. The number of fused-ring (bicyclic) bond motifs is 1. The minimum Gasteiger partial charge on any atom is -0.348 e. The molecule has 10 nitrogen and oxygen atoms in total. The average molecular weight is 429 g/mol. The van der Waals surface area contributed by atoms with Gasteiger partial charge in [-0.1, -0.05) is 6.07 Å². The van der Waals surface area contributed by atoms with Crippen molar-refractivity contribution in [2.24, 2.45) is 0 Å². The summed E-state index contributed by atoms with van der Waals surface area (Å²) in [5.41, 5.74) is 2.36. The van der Waals surface area contributed by atoms with Crippen LogP contribution in [0, 0.1) is 0 Å². The van der Waals surface area contributed by atoms with Gasteiger partial charge in [0, 0.05) is 49.2 Å². The zero-order valence-corrected chi connectivity index (χ0v) is 17.4. The Bertz CT molecular complexity index is 1260. The largest absolute Gasteiger partial charge is 0.348 e. The van der Waals surface area contributed by atoms with E-state index >= 15 is 0 Å². The van der Waals surface area contributed by atoms with Crippen LogP contribution in [0.25, 0.3) is 5.52 Å². The molecule has 0 aromatic carbocycles. The van der Waals surface area contributed by atoms with E-state index in [1.165, 1.54) is 0 Å². The summed E-state index contributed by atoms with van der Waals surface area (Å²) in [5.74, 6) is 2.04. The lowest BCUT2D eigenvalue weighted by Crippen LogP contribution is -2.25. The Hall–Kier alpha value is -3.95. The molecule has 1 saturated carbocycles. The van der Waals surface area contributed by atoms with E-state index in [9.17, 15) is 4.79 Å². The third-order valence-corrected chi connectivity index (χ3v) is 5.94. The van der Waals surface area contributed by atoms with Crippen LogP contribution in [0.15, 0.2) is 48.8 Å². The number of hydrogen-bond acceptors (Lipinski definition) is 7. The number of H-pyrrole nitrogens is 1. The standard InChI is InChI=1S/C22H23N9O/c32-21(24-15-6-7-15)17-12-19(28-27-17)25-20-18-5-3-10-31(18)29-22(26-20)30-11-8-14(13-30)16-4-1-2-9-23-16/h1-5,9-10,12,14-15H,6-8,11,13H2,(H,24,32)(H2,25,26,27,28,29). The van der Waals surface area contributed by atoms with Gasteiger partial charge in [-0.2, -0.15) is 10.1 Å². The van der Waals surface area contributed by atoms with Gasteiger partial charge in [0.25, 0.3) is 5.91 Å². The van der Waals surface area contributed by atoms with E-state index in [0.717, 1.165) is 43.6 Å². The number of rotatable bonds is 6. The molecular formula is C22H23N9O. The monoisotopic (exact) mass is 429 g/mol. The first kappa shape index (κ1) is 18.8. The van der Waals surface area contributed by atoms with E-state index in [4.69, 9.17) is 10.1 Å². The first-order chi connectivity index (χ1) is 15.7. The van der Waals surface area contributed by atoms with Gasteiger partial charge in [0.05, 0.1) is 0 Å². The van der Waals surface area contributed by atoms with Gasteiger partial charge in [-0.25, -0.2) is 4.52 Å². The normalized spacial score (nSPS) is 18.2. The minimum absolute atomic E-state index is 0.137. The summed E-state index contributed by atoms with van der Waals surface area (Å²) in [6, 6.07) is 11.9. The van der Waals surface area contributed by atoms with Crippen LogP contribution in [0.1, 0.15) is 41.4 Å². The number of pyridine rings is 1. The van der Waals surface area contributed by atoms with Gasteiger partial charge < -0.3 is 15.5 Å². The highest BCUT2D eigenvalue weighted by molar-refractivity contribution is 5.93. The zero-order chi connectivity index (χ0) is 21.5. The number of amides is 1. The van der Waals surface area contributed by atoms with E-state index in [-0.39, 0.29) is 5.91 Å². The minimum atomic E-state index is -0.137. The van der Waals surface area contributed by atoms with Gasteiger partial charge in [-0.05, 0) is 43.5 Å². The first-order valence-electron chi connectivity index (χ1n) is 10.9. The fraction of sp³-hybridized carbons (Fsp3) is 0.318. The number of carbonyl (C=O) groups is 1. The Morgan fingerprint density at radius 3 is 2.94 bits per heavy atom. The fourth-order valence-corrected chi connectivity index (χ4v) is 4.06. The molecule has 0 bridgehead atoms. The maximum absolute atomic E-state index is 12.3. The predicted octanol–water partition coefficient (Wildman–Crippen LogP) is 2.48. The fourth-order valence-electron chi connectivity index (χ4n) is 4.06. The van der Waals surface area contributed by atoms with Crippen LogP contribution in [-0.2, 0) is 0 Å². The second-order valence-corrected chi connectivity index (χ2v) is 8.32. The topological polar surface area (TPSA) is 116 Å². The molecule has 4 aromatic rings. The molecule has 1 saturated heterocycles. The lowest BCUT2D eigenvalue weighted by atomic mass is 10.0. The molecule has 0 radical (unpaired) electrons. The van der Waals surface area contributed by atoms with Crippen LogP contribution < -0.4 is 15.5 Å². The Kier molecular flexibility index (Phi) is 4.48. The van der Waals surface area contributed by atoms with E-state index in [1.807, 2.05) is 41.2 Å². The molecule has 1 unspecified atom stereocenters. The van der Waals surface area contributed by atoms with E-state index in [1.54, 1.807) is 6.07 Å². The van der Waals surface area contributed by atoms with Gasteiger partial charge >= 0.3 is 0 Å². The highest BCUT2D eigenvalue weighted by Crippen LogP contribution is 2.29. The van der Waals surface area contributed by atoms with Gasteiger partial charge in [0.15, 0.2) is 11.6 Å². The summed E-state index contributed by atoms with van der Waals surface area (Å²) >= 11 is 0. The van der Waals surface area contributed by atoms with Crippen molar-refractivity contribution in [1.29, 1.82) is 0 Å². The maximum Gasteiger partial charge on any atom is 0.269 e. The van der Waals surface area contributed by atoms with Crippen LogP contribution in [0.3, 0.4) is 0 Å². The predicted molar refractivity (Wildman–Crippen MR) is 119 cm³/mol. The lowest BCUT2D eigenvalue weighted by Gasteiger charge is -2.17. The van der Waals surface area contributed by atoms with Gasteiger partial charge in [0.2, 0.25) is 5.95 Å². The molecule has 2 fully saturated rings. The van der Waals surface area contributed by atoms with Crippen LogP contribution in [0.5, 0.6) is 0 Å². The molecule has 3 N–H and O–H groups in total. The summed E-state index contributed by atoms with van der Waals surface area (Å²) in [6.07, 6.45) is 6.82. The second kappa shape index (κ2) is 7.63. The molecule has 1 aliphatic carbocycles. The van der Waals surface area contributed by atoms with Crippen molar-refractivity contribution in [3.05, 3.63) is 60.2 Å². The van der Waals surface area contributed by atoms with Crippen molar-refractivity contribution in [2.45, 2.75) is 31.2 Å². The van der Waals surface area contributed by atoms with Crippen LogP contribution in [0.2, 0.25) is 0 Å². The van der Waals surface area contributed by atoms with Gasteiger partial charge in [0.1, 0.15) is 11.2 Å². The quantitative estimate of drug-likeness (QED) is 0.431. The average Bonchev–Trinajstić information content (AvgIpc) is 3.23. The van der Waals surface area contributed by atoms with E-state index < -0.39 is 0 Å². The molecule has 162 valence electrons. The Labute approximate surface area is 184 Å². The van der Waals surface area contributed by atoms with Crippen LogP contribution in [-0.4, -0.2) is 54.8 Å². The van der Waals surface area contributed by atoms with E-state index in [0.29, 0.717) is 35.2 Å². The number of aromatic nitrogens is 6. The number of hydrogen-bond donors (Lipinski definition) is 3. The Morgan fingerprint density at radius 1 is 1.16 bits per heavy atom. The third kappa shape index (κ3) is 3.64. The van der Waals surface area contributed by atoms with Crippen molar-refractivity contribution in [3.63, 3.8) is 0 Å². The molecule has 4 aromatic heterocycles. The highest BCUT2D eigenvalue weighted by atomic mass is 16.2. The molecule has 1 aliphatic heterocycles. The van der Waals surface area contributed by atoms with Crippen molar-refractivity contribution >= 4 is 29.0 Å². The van der Waals surface area contributed by atoms with Gasteiger partial charge in [-0.3, -0.25) is 14.9 Å². The number of anilines is 3. The van der Waals surface area contributed by atoms with Crippen molar-refractivity contribution in [2.75, 3.05) is 23.3 Å². The number of nitrogens with one attached hydrogen (secondary N) is 3. The molecular weight excluding hydrogens is 406 g/mol. The molecule has 10 heteroatoms. The summed E-state index contributed by atoms with van der Waals surface area (Å²) < 4.78 is 1.81.